The van der Waals surface area contributed by atoms with E-state index in [1.807, 2.05) is 24.3 Å². The highest BCUT2D eigenvalue weighted by atomic mass is 19.1. The number of halogens is 1. The first-order valence-corrected chi connectivity index (χ1v) is 10.3. The number of likely N-dealkylation sites (N-methyl/N-ethyl adjacent to an activating group) is 1. The summed E-state index contributed by atoms with van der Waals surface area (Å²) in [5.74, 6) is -0.644. The lowest BCUT2D eigenvalue weighted by Gasteiger charge is -2.32. The molecule has 166 valence electrons. The molecular weight excluding hydrogens is 413 g/mol. The number of nitrogens with zero attached hydrogens (tertiary/aromatic N) is 5. The molecule has 9 heteroatoms. The molecule has 0 atom stereocenters. The van der Waals surface area contributed by atoms with E-state index in [1.165, 1.54) is 13.1 Å². The van der Waals surface area contributed by atoms with Gasteiger partial charge in [0.1, 0.15) is 11.5 Å². The number of aryl methyl sites for hydroxylation is 1. The Labute approximate surface area is 184 Å². The fourth-order valence-corrected chi connectivity index (χ4v) is 3.82. The molecule has 1 aliphatic rings. The average molecular weight is 437 g/mol. The van der Waals surface area contributed by atoms with Gasteiger partial charge in [-0.15, -0.1) is 0 Å². The lowest BCUT2D eigenvalue weighted by atomic mass is 9.98. The van der Waals surface area contributed by atoms with Gasteiger partial charge in [-0.2, -0.15) is 5.10 Å². The fourth-order valence-electron chi connectivity index (χ4n) is 3.82. The number of rotatable bonds is 5. The number of aromatic nitrogens is 2. The van der Waals surface area contributed by atoms with Gasteiger partial charge in [-0.25, -0.2) is 9.07 Å². The third-order valence-electron chi connectivity index (χ3n) is 5.77. The number of nitro groups is 1. The van der Waals surface area contributed by atoms with Crippen LogP contribution in [-0.4, -0.2) is 57.7 Å². The number of benzene rings is 2. The van der Waals surface area contributed by atoms with Crippen molar-refractivity contribution in [1.29, 1.82) is 0 Å². The predicted octanol–water partition coefficient (Wildman–Crippen LogP) is 2.91. The number of hydrogen-bond acceptors (Lipinski definition) is 6. The quantitative estimate of drug-likeness (QED) is 0.451. The van der Waals surface area contributed by atoms with Crippen LogP contribution < -0.4 is 5.56 Å². The minimum absolute atomic E-state index is 0.0219. The highest BCUT2D eigenvalue weighted by molar-refractivity contribution is 5.81. The minimum atomic E-state index is -0.644. The Balaban J connectivity index is 1.70. The zero-order valence-corrected chi connectivity index (χ0v) is 18.0. The number of hydrogen-bond donors (Lipinski definition) is 0. The minimum Gasteiger partial charge on any atom is -0.304 e. The molecule has 8 nitrogen and oxygen atoms in total. The standard InChI is InChI=1S/C23H24FN5O3/c1-26-9-11-28(12-10-26)15-16-3-5-17(6-4-16)19-14-22(30)27(2)25-23(19)20-13-18(29(31)32)7-8-21(20)24/h3-8,13-14H,9-12,15H2,1-2H3. The molecule has 0 amide bonds. The lowest BCUT2D eigenvalue weighted by Crippen LogP contribution is -2.43. The Morgan fingerprint density at radius 2 is 1.69 bits per heavy atom. The molecule has 0 aliphatic carbocycles. The van der Waals surface area contributed by atoms with E-state index >= 15 is 0 Å². The largest absolute Gasteiger partial charge is 0.304 e. The summed E-state index contributed by atoms with van der Waals surface area (Å²) in [6, 6.07) is 12.4. The highest BCUT2D eigenvalue weighted by Crippen LogP contribution is 2.33. The van der Waals surface area contributed by atoms with Crippen molar-refractivity contribution in [2.75, 3.05) is 33.2 Å². The topological polar surface area (TPSA) is 84.5 Å². The van der Waals surface area contributed by atoms with Crippen LogP contribution in [0.15, 0.2) is 53.3 Å². The predicted molar refractivity (Wildman–Crippen MR) is 120 cm³/mol. The molecule has 3 aromatic rings. The Kier molecular flexibility index (Phi) is 6.11. The first-order valence-electron chi connectivity index (χ1n) is 10.3. The van der Waals surface area contributed by atoms with Gasteiger partial charge in [-0.1, -0.05) is 24.3 Å². The van der Waals surface area contributed by atoms with E-state index < -0.39 is 10.7 Å². The van der Waals surface area contributed by atoms with E-state index in [2.05, 4.69) is 21.9 Å². The molecule has 4 rings (SSSR count). The van der Waals surface area contributed by atoms with Crippen LogP contribution in [0, 0.1) is 15.9 Å². The van der Waals surface area contributed by atoms with Crippen molar-refractivity contribution in [1.82, 2.24) is 19.6 Å². The second kappa shape index (κ2) is 8.97. The lowest BCUT2D eigenvalue weighted by molar-refractivity contribution is -0.384. The van der Waals surface area contributed by atoms with Crippen LogP contribution in [0.25, 0.3) is 22.4 Å². The van der Waals surface area contributed by atoms with Crippen molar-refractivity contribution in [2.45, 2.75) is 6.54 Å². The molecule has 0 spiro atoms. The Morgan fingerprint density at radius 1 is 1.00 bits per heavy atom. The van der Waals surface area contributed by atoms with Crippen molar-refractivity contribution in [3.05, 3.63) is 80.4 Å². The summed E-state index contributed by atoms with van der Waals surface area (Å²) in [7, 11) is 3.58. The SMILES string of the molecule is CN1CCN(Cc2ccc(-c3cc(=O)n(C)nc3-c3cc([N+](=O)[O-])ccc3F)cc2)CC1. The molecule has 0 unspecified atom stereocenters. The first kappa shape index (κ1) is 21.8. The normalized spacial score (nSPS) is 15.1. The van der Waals surface area contributed by atoms with Crippen LogP contribution in [0.3, 0.4) is 0 Å². The van der Waals surface area contributed by atoms with Gasteiger partial charge in [0.05, 0.1) is 4.92 Å². The molecule has 1 fully saturated rings. The van der Waals surface area contributed by atoms with Gasteiger partial charge < -0.3 is 4.90 Å². The van der Waals surface area contributed by atoms with Gasteiger partial charge >= 0.3 is 0 Å². The monoisotopic (exact) mass is 437 g/mol. The van der Waals surface area contributed by atoms with E-state index in [0.717, 1.165) is 61.2 Å². The van der Waals surface area contributed by atoms with Crippen molar-refractivity contribution < 1.29 is 9.31 Å². The molecule has 2 heterocycles. The van der Waals surface area contributed by atoms with Gasteiger partial charge in [0.2, 0.25) is 0 Å². The van der Waals surface area contributed by atoms with Gasteiger partial charge in [-0.05, 0) is 24.2 Å². The highest BCUT2D eigenvalue weighted by Gasteiger charge is 2.19. The van der Waals surface area contributed by atoms with E-state index in [0.29, 0.717) is 11.1 Å². The zero-order chi connectivity index (χ0) is 22.8. The van der Waals surface area contributed by atoms with Crippen molar-refractivity contribution in [2.24, 2.45) is 7.05 Å². The summed E-state index contributed by atoms with van der Waals surface area (Å²) in [4.78, 5) is 27.6. The van der Waals surface area contributed by atoms with Crippen LogP contribution in [0.4, 0.5) is 10.1 Å². The second-order valence-electron chi connectivity index (χ2n) is 8.07. The molecule has 1 aliphatic heterocycles. The molecule has 32 heavy (non-hydrogen) atoms. The smallest absolute Gasteiger partial charge is 0.270 e. The van der Waals surface area contributed by atoms with Gasteiger partial charge in [0.25, 0.3) is 11.2 Å². The maximum atomic E-state index is 14.6. The third-order valence-corrected chi connectivity index (χ3v) is 5.77. The zero-order valence-electron chi connectivity index (χ0n) is 18.0. The van der Waals surface area contributed by atoms with Gasteiger partial charge in [0, 0.05) is 69.1 Å². The van der Waals surface area contributed by atoms with E-state index in [9.17, 15) is 19.3 Å². The average Bonchev–Trinajstić information content (AvgIpc) is 2.78. The van der Waals surface area contributed by atoms with Crippen molar-refractivity contribution in [3.8, 4) is 22.4 Å². The van der Waals surface area contributed by atoms with Crippen LogP contribution in [0.1, 0.15) is 5.56 Å². The summed E-state index contributed by atoms with van der Waals surface area (Å²) < 4.78 is 15.7. The Hall–Kier alpha value is -3.43. The summed E-state index contributed by atoms with van der Waals surface area (Å²) in [5, 5.41) is 15.4. The summed E-state index contributed by atoms with van der Waals surface area (Å²) >= 11 is 0. The van der Waals surface area contributed by atoms with Gasteiger partial charge in [0.15, 0.2) is 0 Å². The number of piperazine rings is 1. The Morgan fingerprint density at radius 3 is 2.34 bits per heavy atom. The van der Waals surface area contributed by atoms with E-state index in [4.69, 9.17) is 0 Å². The summed E-state index contributed by atoms with van der Waals surface area (Å²) in [6.07, 6.45) is 0. The fraction of sp³-hybridized carbons (Fsp3) is 0.304. The molecule has 0 N–H and O–H groups in total. The maximum absolute atomic E-state index is 14.6. The molecule has 0 saturated carbocycles. The van der Waals surface area contributed by atoms with Crippen molar-refractivity contribution in [3.63, 3.8) is 0 Å². The third kappa shape index (κ3) is 4.58. The number of non-ortho nitro benzene ring substituents is 1. The van der Waals surface area contributed by atoms with E-state index in [-0.39, 0.29) is 22.5 Å². The van der Waals surface area contributed by atoms with Crippen LogP contribution in [0.5, 0.6) is 0 Å². The summed E-state index contributed by atoms with van der Waals surface area (Å²) in [5.41, 5.74) is 1.82. The van der Waals surface area contributed by atoms with Crippen LogP contribution >= 0.6 is 0 Å². The molecule has 1 saturated heterocycles. The first-order chi connectivity index (χ1) is 15.3. The van der Waals surface area contributed by atoms with E-state index in [1.54, 1.807) is 0 Å². The Bertz CT molecular complexity index is 1200. The second-order valence-corrected chi connectivity index (χ2v) is 8.07. The van der Waals surface area contributed by atoms with Crippen LogP contribution in [0.2, 0.25) is 0 Å². The maximum Gasteiger partial charge on any atom is 0.270 e. The molecule has 0 radical (unpaired) electrons. The summed E-state index contributed by atoms with van der Waals surface area (Å²) in [6.45, 7) is 4.92. The molecule has 0 bridgehead atoms. The van der Waals surface area contributed by atoms with Crippen LogP contribution in [-0.2, 0) is 13.6 Å². The molecule has 1 aromatic heterocycles. The molecule has 2 aromatic carbocycles. The number of nitro benzene ring substituents is 1. The van der Waals surface area contributed by atoms with Gasteiger partial charge in [-0.3, -0.25) is 19.8 Å². The van der Waals surface area contributed by atoms with Crippen molar-refractivity contribution >= 4 is 5.69 Å². The molecular formula is C23H24FN5O3.